The lowest BCUT2D eigenvalue weighted by Gasteiger charge is -2.21. The van der Waals surface area contributed by atoms with Crippen LogP contribution in [-0.2, 0) is 7.05 Å². The van der Waals surface area contributed by atoms with Crippen LogP contribution in [0.15, 0.2) is 11.5 Å². The number of nitrogens with zero attached hydrogens (tertiary/aromatic N) is 3. The number of thioether (sulfide) groups is 1. The van der Waals surface area contributed by atoms with E-state index in [1.807, 2.05) is 23.4 Å². The second kappa shape index (κ2) is 4.11. The van der Waals surface area contributed by atoms with Crippen LogP contribution in [0.2, 0.25) is 0 Å². The molecule has 13 heavy (non-hydrogen) atoms. The number of nitrogens with one attached hydrogen (secondary N) is 1. The first-order valence-electron chi connectivity index (χ1n) is 4.57. The van der Waals surface area contributed by atoms with Gasteiger partial charge in [-0.15, -0.1) is 10.2 Å². The molecule has 0 radical (unpaired) electrons. The summed E-state index contributed by atoms with van der Waals surface area (Å²) in [5, 5.41) is 13.0. The summed E-state index contributed by atoms with van der Waals surface area (Å²) < 4.78 is 1.97. The van der Waals surface area contributed by atoms with E-state index in [0.717, 1.165) is 18.2 Å². The third kappa shape index (κ3) is 2.22. The average Bonchev–Trinajstić information content (AvgIpc) is 2.54. The van der Waals surface area contributed by atoms with E-state index in [1.165, 1.54) is 12.8 Å². The third-order valence-corrected chi connectivity index (χ3v) is 3.51. The van der Waals surface area contributed by atoms with Crippen molar-refractivity contribution in [3.05, 3.63) is 6.33 Å². The molecule has 0 saturated carbocycles. The summed E-state index contributed by atoms with van der Waals surface area (Å²) >= 11 is 1.82. The van der Waals surface area contributed by atoms with Crippen LogP contribution in [0.1, 0.15) is 12.8 Å². The van der Waals surface area contributed by atoms with Gasteiger partial charge in [0.15, 0.2) is 5.16 Å². The van der Waals surface area contributed by atoms with E-state index in [-0.39, 0.29) is 0 Å². The van der Waals surface area contributed by atoms with E-state index < -0.39 is 0 Å². The maximum atomic E-state index is 4.06. The maximum Gasteiger partial charge on any atom is 0.191 e. The molecular weight excluding hydrogens is 184 g/mol. The standard InChI is InChI=1S/C8H14N4S/c1-12-6-10-11-8(12)13-7-3-2-4-9-5-7/h6-7,9H,2-5H2,1H3/t7-/m0/s1. The molecule has 4 nitrogen and oxygen atoms in total. The number of rotatable bonds is 2. The molecule has 1 aliphatic rings. The summed E-state index contributed by atoms with van der Waals surface area (Å²) in [6.45, 7) is 2.26. The predicted octanol–water partition coefficient (Wildman–Crippen LogP) is 0.659. The molecule has 5 heteroatoms. The molecular formula is C8H14N4S. The zero-order valence-corrected chi connectivity index (χ0v) is 8.55. The first-order chi connectivity index (χ1) is 6.36. The number of aryl methyl sites for hydroxylation is 1. The van der Waals surface area contributed by atoms with Gasteiger partial charge in [-0.3, -0.25) is 0 Å². The van der Waals surface area contributed by atoms with Crippen molar-refractivity contribution in [2.24, 2.45) is 7.05 Å². The Morgan fingerprint density at radius 3 is 3.23 bits per heavy atom. The first kappa shape index (κ1) is 9.02. The Morgan fingerprint density at radius 2 is 2.62 bits per heavy atom. The van der Waals surface area contributed by atoms with Gasteiger partial charge in [-0.05, 0) is 19.4 Å². The van der Waals surface area contributed by atoms with Gasteiger partial charge in [0.1, 0.15) is 6.33 Å². The molecule has 1 atom stereocenters. The molecule has 0 bridgehead atoms. The van der Waals surface area contributed by atoms with Crippen LogP contribution in [0.4, 0.5) is 0 Å². The Kier molecular flexibility index (Phi) is 2.85. The van der Waals surface area contributed by atoms with Gasteiger partial charge < -0.3 is 9.88 Å². The molecule has 1 aromatic heterocycles. The van der Waals surface area contributed by atoms with Gasteiger partial charge in [0.2, 0.25) is 0 Å². The molecule has 1 N–H and O–H groups in total. The van der Waals surface area contributed by atoms with Crippen molar-refractivity contribution < 1.29 is 0 Å². The third-order valence-electron chi connectivity index (χ3n) is 2.19. The van der Waals surface area contributed by atoms with Crippen molar-refractivity contribution in [3.63, 3.8) is 0 Å². The second-order valence-corrected chi connectivity index (χ2v) is 4.58. The lowest BCUT2D eigenvalue weighted by Crippen LogP contribution is -2.31. The molecule has 72 valence electrons. The van der Waals surface area contributed by atoms with Gasteiger partial charge in [0.05, 0.1) is 0 Å². The van der Waals surface area contributed by atoms with Gasteiger partial charge in [-0.2, -0.15) is 0 Å². The van der Waals surface area contributed by atoms with Gasteiger partial charge in [-0.1, -0.05) is 11.8 Å². The monoisotopic (exact) mass is 198 g/mol. The van der Waals surface area contributed by atoms with E-state index in [1.54, 1.807) is 6.33 Å². The maximum absolute atomic E-state index is 4.06. The summed E-state index contributed by atoms with van der Waals surface area (Å²) in [7, 11) is 1.98. The van der Waals surface area contributed by atoms with Crippen LogP contribution in [0.3, 0.4) is 0 Å². The lowest BCUT2D eigenvalue weighted by atomic mass is 10.2. The molecule has 1 saturated heterocycles. The van der Waals surface area contributed by atoms with Crippen LogP contribution in [0, 0.1) is 0 Å². The first-order valence-corrected chi connectivity index (χ1v) is 5.45. The molecule has 1 fully saturated rings. The molecule has 0 spiro atoms. The zero-order valence-electron chi connectivity index (χ0n) is 7.73. The molecule has 0 unspecified atom stereocenters. The molecule has 2 rings (SSSR count). The summed E-state index contributed by atoms with van der Waals surface area (Å²) in [6.07, 6.45) is 4.30. The smallest absolute Gasteiger partial charge is 0.191 e. The zero-order chi connectivity index (χ0) is 9.10. The summed E-state index contributed by atoms with van der Waals surface area (Å²) in [6, 6.07) is 0. The highest BCUT2D eigenvalue weighted by molar-refractivity contribution is 7.99. The SMILES string of the molecule is Cn1cnnc1S[C@H]1CCCNC1. The van der Waals surface area contributed by atoms with E-state index in [2.05, 4.69) is 15.5 Å². The van der Waals surface area contributed by atoms with Crippen LogP contribution in [-0.4, -0.2) is 33.1 Å². The minimum atomic E-state index is 0.664. The minimum Gasteiger partial charge on any atom is -0.316 e. The highest BCUT2D eigenvalue weighted by Crippen LogP contribution is 2.24. The number of hydrogen-bond donors (Lipinski definition) is 1. The summed E-state index contributed by atoms with van der Waals surface area (Å²) in [4.78, 5) is 0. The van der Waals surface area contributed by atoms with Crippen LogP contribution >= 0.6 is 11.8 Å². The molecule has 1 aromatic rings. The predicted molar refractivity (Wildman–Crippen MR) is 52.8 cm³/mol. The average molecular weight is 198 g/mol. The van der Waals surface area contributed by atoms with E-state index >= 15 is 0 Å². The fourth-order valence-corrected chi connectivity index (χ4v) is 2.54. The molecule has 0 aromatic carbocycles. The minimum absolute atomic E-state index is 0.664. The number of aromatic nitrogens is 3. The molecule has 0 amide bonds. The van der Waals surface area contributed by atoms with E-state index in [4.69, 9.17) is 0 Å². The Morgan fingerprint density at radius 1 is 1.69 bits per heavy atom. The van der Waals surface area contributed by atoms with Gasteiger partial charge in [0, 0.05) is 18.8 Å². The molecule has 2 heterocycles. The van der Waals surface area contributed by atoms with Crippen molar-refractivity contribution >= 4 is 11.8 Å². The van der Waals surface area contributed by atoms with E-state index in [9.17, 15) is 0 Å². The van der Waals surface area contributed by atoms with Crippen molar-refractivity contribution in [1.29, 1.82) is 0 Å². The van der Waals surface area contributed by atoms with Gasteiger partial charge >= 0.3 is 0 Å². The Balaban J connectivity index is 1.93. The Hall–Kier alpha value is -0.550. The molecule has 1 aliphatic heterocycles. The highest BCUT2D eigenvalue weighted by atomic mass is 32.2. The topological polar surface area (TPSA) is 42.7 Å². The number of piperidine rings is 1. The van der Waals surface area contributed by atoms with Gasteiger partial charge in [0.25, 0.3) is 0 Å². The van der Waals surface area contributed by atoms with Crippen LogP contribution in [0.25, 0.3) is 0 Å². The van der Waals surface area contributed by atoms with Crippen LogP contribution in [0.5, 0.6) is 0 Å². The lowest BCUT2D eigenvalue weighted by molar-refractivity contribution is 0.530. The normalized spacial score (nSPS) is 23.3. The summed E-state index contributed by atoms with van der Waals surface area (Å²) in [5.74, 6) is 0. The quantitative estimate of drug-likeness (QED) is 0.758. The largest absolute Gasteiger partial charge is 0.316 e. The van der Waals surface area contributed by atoms with Gasteiger partial charge in [-0.25, -0.2) is 0 Å². The van der Waals surface area contributed by atoms with Crippen molar-refractivity contribution in [2.45, 2.75) is 23.2 Å². The molecule has 0 aliphatic carbocycles. The Bertz CT molecular complexity index is 267. The van der Waals surface area contributed by atoms with Crippen molar-refractivity contribution in [1.82, 2.24) is 20.1 Å². The fourth-order valence-electron chi connectivity index (χ4n) is 1.45. The second-order valence-electron chi connectivity index (χ2n) is 3.31. The Labute approximate surface area is 82.1 Å². The van der Waals surface area contributed by atoms with Crippen molar-refractivity contribution in [2.75, 3.05) is 13.1 Å². The summed E-state index contributed by atoms with van der Waals surface area (Å²) in [5.41, 5.74) is 0. The van der Waals surface area contributed by atoms with Crippen LogP contribution < -0.4 is 5.32 Å². The number of hydrogen-bond acceptors (Lipinski definition) is 4. The highest BCUT2D eigenvalue weighted by Gasteiger charge is 2.16. The van der Waals surface area contributed by atoms with E-state index in [0.29, 0.717) is 5.25 Å². The fraction of sp³-hybridized carbons (Fsp3) is 0.750. The van der Waals surface area contributed by atoms with Crippen molar-refractivity contribution in [3.8, 4) is 0 Å².